The smallest absolute Gasteiger partial charge is 0.228 e. The first-order valence-electron chi connectivity index (χ1n) is 7.49. The maximum atomic E-state index is 12.3. The van der Waals surface area contributed by atoms with E-state index < -0.39 is 0 Å². The Bertz CT molecular complexity index is 661. The number of pyridine rings is 1. The predicted octanol–water partition coefficient (Wildman–Crippen LogP) is 2.42. The largest absolute Gasteiger partial charge is 0.441 e. The van der Waals surface area contributed by atoms with E-state index in [0.717, 1.165) is 42.8 Å². The van der Waals surface area contributed by atoms with E-state index in [9.17, 15) is 4.79 Å². The van der Waals surface area contributed by atoms with E-state index in [4.69, 9.17) is 4.42 Å². The van der Waals surface area contributed by atoms with Crippen LogP contribution in [0.2, 0.25) is 0 Å². The zero-order chi connectivity index (χ0) is 14.2. The van der Waals surface area contributed by atoms with E-state index in [1.54, 1.807) is 12.4 Å². The Kier molecular flexibility index (Phi) is 2.98. The molecule has 1 fully saturated rings. The topological polar surface area (TPSA) is 59.2 Å². The van der Waals surface area contributed by atoms with Crippen molar-refractivity contribution in [2.75, 3.05) is 6.54 Å². The Hall–Kier alpha value is -2.17. The van der Waals surface area contributed by atoms with Crippen molar-refractivity contribution in [2.45, 2.75) is 32.2 Å². The zero-order valence-electron chi connectivity index (χ0n) is 11.8. The summed E-state index contributed by atoms with van der Waals surface area (Å²) in [5, 5.41) is 0. The number of nitrogens with zero attached hydrogens (tertiary/aromatic N) is 3. The van der Waals surface area contributed by atoms with Crippen LogP contribution < -0.4 is 0 Å². The number of rotatable bonds is 2. The van der Waals surface area contributed by atoms with E-state index in [1.807, 2.05) is 17.0 Å². The lowest BCUT2D eigenvalue weighted by Gasteiger charge is -2.33. The molecule has 1 aliphatic heterocycles. The van der Waals surface area contributed by atoms with E-state index in [1.165, 1.54) is 6.42 Å². The molecule has 3 heterocycles. The SMILES string of the molecule is O=C(C1CCC1)N1CCc2oc(-c3cccnc3)nc2C1. The normalized spacial score (nSPS) is 18.2. The molecule has 0 unspecified atom stereocenters. The lowest BCUT2D eigenvalue weighted by molar-refractivity contribution is -0.139. The summed E-state index contributed by atoms with van der Waals surface area (Å²) in [5.74, 6) is 2.05. The second-order valence-electron chi connectivity index (χ2n) is 5.77. The standard InChI is InChI=1S/C16H17N3O2/c20-16(11-3-1-4-11)19-8-6-14-13(10-19)18-15(21-14)12-5-2-7-17-9-12/h2,5,7,9,11H,1,3-4,6,8,10H2. The minimum absolute atomic E-state index is 0.247. The molecule has 0 spiro atoms. The number of fused-ring (bicyclic) bond motifs is 1. The molecular formula is C16H17N3O2. The summed E-state index contributed by atoms with van der Waals surface area (Å²) >= 11 is 0. The number of hydrogen-bond acceptors (Lipinski definition) is 4. The molecule has 0 bridgehead atoms. The highest BCUT2D eigenvalue weighted by Gasteiger charge is 2.32. The number of hydrogen-bond donors (Lipinski definition) is 0. The third-order valence-electron chi connectivity index (χ3n) is 4.40. The van der Waals surface area contributed by atoms with E-state index >= 15 is 0 Å². The number of aromatic nitrogens is 2. The minimum atomic E-state index is 0.247. The summed E-state index contributed by atoms with van der Waals surface area (Å²) in [7, 11) is 0. The molecule has 5 nitrogen and oxygen atoms in total. The molecule has 0 N–H and O–H groups in total. The molecule has 4 rings (SSSR count). The van der Waals surface area contributed by atoms with Crippen molar-refractivity contribution >= 4 is 5.91 Å². The predicted molar refractivity (Wildman–Crippen MR) is 76.2 cm³/mol. The summed E-state index contributed by atoms with van der Waals surface area (Å²) in [6.07, 6.45) is 7.50. The molecule has 2 aliphatic rings. The van der Waals surface area contributed by atoms with Crippen molar-refractivity contribution in [3.8, 4) is 11.5 Å². The quantitative estimate of drug-likeness (QED) is 0.849. The molecule has 5 heteroatoms. The van der Waals surface area contributed by atoms with Crippen molar-refractivity contribution < 1.29 is 9.21 Å². The van der Waals surface area contributed by atoms with Crippen molar-refractivity contribution in [1.82, 2.24) is 14.9 Å². The molecule has 0 saturated heterocycles. The second-order valence-corrected chi connectivity index (χ2v) is 5.77. The summed E-state index contributed by atoms with van der Waals surface area (Å²) in [6, 6.07) is 3.80. The van der Waals surface area contributed by atoms with Gasteiger partial charge in [-0.3, -0.25) is 9.78 Å². The summed E-state index contributed by atoms with van der Waals surface area (Å²) < 4.78 is 5.83. The van der Waals surface area contributed by atoms with Crippen LogP contribution in [0.25, 0.3) is 11.5 Å². The molecule has 1 aliphatic carbocycles. The van der Waals surface area contributed by atoms with Gasteiger partial charge in [0.2, 0.25) is 11.8 Å². The summed E-state index contributed by atoms with van der Waals surface area (Å²) in [6.45, 7) is 1.32. The Labute approximate surface area is 123 Å². The van der Waals surface area contributed by atoms with Crippen molar-refractivity contribution in [3.63, 3.8) is 0 Å². The van der Waals surface area contributed by atoms with Crippen LogP contribution in [0.5, 0.6) is 0 Å². The number of carbonyl (C=O) groups is 1. The van der Waals surface area contributed by atoms with Crippen LogP contribution in [0.3, 0.4) is 0 Å². The average molecular weight is 283 g/mol. The maximum absolute atomic E-state index is 12.3. The molecule has 1 saturated carbocycles. The third-order valence-corrected chi connectivity index (χ3v) is 4.40. The number of amides is 1. The second kappa shape index (κ2) is 4.98. The Morgan fingerprint density at radius 3 is 3.00 bits per heavy atom. The molecule has 0 atom stereocenters. The van der Waals surface area contributed by atoms with Crippen molar-refractivity contribution in [1.29, 1.82) is 0 Å². The van der Waals surface area contributed by atoms with Gasteiger partial charge in [-0.15, -0.1) is 0 Å². The van der Waals surface area contributed by atoms with Crippen molar-refractivity contribution in [2.24, 2.45) is 5.92 Å². The van der Waals surface area contributed by atoms with Crippen molar-refractivity contribution in [3.05, 3.63) is 36.0 Å². The van der Waals surface area contributed by atoms with Crippen LogP contribution in [0.1, 0.15) is 30.7 Å². The van der Waals surface area contributed by atoms with Crippen LogP contribution in [-0.4, -0.2) is 27.3 Å². The average Bonchev–Trinajstić information content (AvgIpc) is 2.89. The fourth-order valence-corrected chi connectivity index (χ4v) is 2.91. The molecule has 2 aromatic heterocycles. The van der Waals surface area contributed by atoms with Gasteiger partial charge >= 0.3 is 0 Å². The first kappa shape index (κ1) is 12.6. The van der Waals surface area contributed by atoms with Crippen LogP contribution >= 0.6 is 0 Å². The highest BCUT2D eigenvalue weighted by Crippen LogP contribution is 2.31. The van der Waals surface area contributed by atoms with E-state index in [0.29, 0.717) is 12.4 Å². The molecule has 2 aromatic rings. The Balaban J connectivity index is 1.55. The first-order chi connectivity index (χ1) is 10.3. The zero-order valence-corrected chi connectivity index (χ0v) is 11.8. The molecule has 1 amide bonds. The van der Waals surface area contributed by atoms with Gasteiger partial charge in [0.25, 0.3) is 0 Å². The molecule has 0 aromatic carbocycles. The van der Waals surface area contributed by atoms with Gasteiger partial charge in [0, 0.05) is 31.3 Å². The fourth-order valence-electron chi connectivity index (χ4n) is 2.91. The lowest BCUT2D eigenvalue weighted by Crippen LogP contribution is -2.41. The van der Waals surface area contributed by atoms with Gasteiger partial charge in [-0.1, -0.05) is 6.42 Å². The number of carbonyl (C=O) groups excluding carboxylic acids is 1. The van der Waals surface area contributed by atoms with Crippen LogP contribution in [0.15, 0.2) is 28.9 Å². The Morgan fingerprint density at radius 1 is 1.38 bits per heavy atom. The first-order valence-corrected chi connectivity index (χ1v) is 7.49. The molecule has 0 radical (unpaired) electrons. The van der Waals surface area contributed by atoms with Gasteiger partial charge in [0.1, 0.15) is 11.5 Å². The van der Waals surface area contributed by atoms with Crippen LogP contribution in [-0.2, 0) is 17.8 Å². The van der Waals surface area contributed by atoms with Gasteiger partial charge in [0.15, 0.2) is 0 Å². The van der Waals surface area contributed by atoms with E-state index in [-0.39, 0.29) is 11.8 Å². The highest BCUT2D eigenvalue weighted by atomic mass is 16.4. The maximum Gasteiger partial charge on any atom is 0.228 e. The summed E-state index contributed by atoms with van der Waals surface area (Å²) in [5.41, 5.74) is 1.77. The summed E-state index contributed by atoms with van der Waals surface area (Å²) in [4.78, 5) is 22.9. The monoisotopic (exact) mass is 283 g/mol. The molecular weight excluding hydrogens is 266 g/mol. The van der Waals surface area contributed by atoms with Gasteiger partial charge < -0.3 is 9.32 Å². The van der Waals surface area contributed by atoms with Gasteiger partial charge in [-0.2, -0.15) is 0 Å². The van der Waals surface area contributed by atoms with Gasteiger partial charge in [0.05, 0.1) is 12.1 Å². The Morgan fingerprint density at radius 2 is 2.29 bits per heavy atom. The third kappa shape index (κ3) is 2.22. The van der Waals surface area contributed by atoms with Crippen LogP contribution in [0, 0.1) is 5.92 Å². The van der Waals surface area contributed by atoms with Gasteiger partial charge in [-0.05, 0) is 25.0 Å². The number of oxazole rings is 1. The van der Waals surface area contributed by atoms with Gasteiger partial charge in [-0.25, -0.2) is 4.98 Å². The highest BCUT2D eigenvalue weighted by molar-refractivity contribution is 5.79. The van der Waals surface area contributed by atoms with Crippen LogP contribution in [0.4, 0.5) is 0 Å². The molecule has 21 heavy (non-hydrogen) atoms. The lowest BCUT2D eigenvalue weighted by atomic mass is 9.84. The minimum Gasteiger partial charge on any atom is -0.441 e. The van der Waals surface area contributed by atoms with E-state index in [2.05, 4.69) is 9.97 Å². The molecule has 108 valence electrons. The fraction of sp³-hybridized carbons (Fsp3) is 0.438.